The topological polar surface area (TPSA) is 78.4 Å². The summed E-state index contributed by atoms with van der Waals surface area (Å²) in [5.41, 5.74) is -2.75. The molecule has 1 aliphatic heterocycles. The van der Waals surface area contributed by atoms with Crippen molar-refractivity contribution in [3.05, 3.63) is 70.2 Å². The molecule has 0 bridgehead atoms. The Morgan fingerprint density at radius 2 is 1.68 bits per heavy atom. The average Bonchev–Trinajstić information content (AvgIpc) is 2.61. The van der Waals surface area contributed by atoms with Gasteiger partial charge in [0.05, 0.1) is 6.04 Å². The fraction of sp³-hybridized carbons (Fsp3) is 0.263. The van der Waals surface area contributed by atoms with Crippen LogP contribution in [0.3, 0.4) is 0 Å². The Balaban J connectivity index is 2.15. The van der Waals surface area contributed by atoms with Crippen LogP contribution < -0.4 is 10.6 Å². The Morgan fingerprint density at radius 3 is 2.21 bits per heavy atom. The normalized spacial score (nSPS) is 25.0. The van der Waals surface area contributed by atoms with Crippen molar-refractivity contribution in [2.75, 3.05) is 0 Å². The van der Waals surface area contributed by atoms with Crippen molar-refractivity contribution in [3.8, 4) is 0 Å². The number of halogens is 4. The largest absolute Gasteiger partial charge is 0.437 e. The Kier molecular flexibility index (Phi) is 5.12. The third kappa shape index (κ3) is 3.57. The average molecular weight is 413 g/mol. The van der Waals surface area contributed by atoms with Crippen LogP contribution in [0.5, 0.6) is 0 Å². The van der Waals surface area contributed by atoms with E-state index in [9.17, 15) is 27.9 Å². The molecule has 2 aromatic carbocycles. The summed E-state index contributed by atoms with van der Waals surface area (Å²) in [4.78, 5) is 25.0. The zero-order valence-electron chi connectivity index (χ0n) is 14.5. The van der Waals surface area contributed by atoms with Gasteiger partial charge in [-0.25, -0.2) is 4.79 Å². The van der Waals surface area contributed by atoms with Crippen LogP contribution in [0.25, 0.3) is 0 Å². The van der Waals surface area contributed by atoms with Crippen LogP contribution in [-0.4, -0.2) is 28.8 Å². The van der Waals surface area contributed by atoms with Gasteiger partial charge in [0.25, 0.3) is 0 Å². The molecule has 1 saturated heterocycles. The van der Waals surface area contributed by atoms with E-state index in [2.05, 4.69) is 5.32 Å². The molecule has 0 radical (unpaired) electrons. The molecule has 3 rings (SSSR count). The van der Waals surface area contributed by atoms with Crippen molar-refractivity contribution in [2.24, 2.45) is 5.92 Å². The molecule has 148 valence electrons. The summed E-state index contributed by atoms with van der Waals surface area (Å²) in [7, 11) is 0. The molecule has 0 spiro atoms. The van der Waals surface area contributed by atoms with Crippen molar-refractivity contribution in [3.63, 3.8) is 0 Å². The molecular formula is C19H16ClF3N2O3. The maximum Gasteiger partial charge on any atom is 0.437 e. The van der Waals surface area contributed by atoms with Gasteiger partial charge in [-0.05, 0) is 24.6 Å². The van der Waals surface area contributed by atoms with Crippen molar-refractivity contribution < 1.29 is 27.9 Å². The van der Waals surface area contributed by atoms with Crippen molar-refractivity contribution in [1.82, 2.24) is 10.6 Å². The van der Waals surface area contributed by atoms with E-state index in [1.54, 1.807) is 19.1 Å². The first-order chi connectivity index (χ1) is 13.0. The standard InChI is InChI=1S/C19H16ClF3N2O3/c1-10-2-4-12(5-3-10)16(26)14-15(11-6-8-13(20)9-7-11)24-17(27)25-18(14,28)19(21,22)23/h2-9,14-15,28H,1H3,(H2,24,25,27)/t14-,15-,18-/m1/s1. The predicted octanol–water partition coefficient (Wildman–Crippen LogP) is 3.75. The number of ketones is 1. The summed E-state index contributed by atoms with van der Waals surface area (Å²) in [6.07, 6.45) is -5.29. The Bertz CT molecular complexity index is 900. The number of aliphatic hydroxyl groups is 1. The van der Waals surface area contributed by atoms with Crippen molar-refractivity contribution >= 4 is 23.4 Å². The third-order valence-corrected chi connectivity index (χ3v) is 4.91. The lowest BCUT2D eigenvalue weighted by Gasteiger charge is -2.45. The fourth-order valence-corrected chi connectivity index (χ4v) is 3.31. The number of alkyl halides is 3. The second kappa shape index (κ2) is 7.10. The summed E-state index contributed by atoms with van der Waals surface area (Å²) in [6.45, 7) is 1.76. The molecule has 9 heteroatoms. The second-order valence-corrected chi connectivity index (χ2v) is 7.04. The van der Waals surface area contributed by atoms with Crippen LogP contribution in [0.4, 0.5) is 18.0 Å². The van der Waals surface area contributed by atoms with Gasteiger partial charge in [-0.15, -0.1) is 0 Å². The van der Waals surface area contributed by atoms with Gasteiger partial charge < -0.3 is 15.7 Å². The molecular weight excluding hydrogens is 397 g/mol. The number of nitrogens with one attached hydrogen (secondary N) is 2. The van der Waals surface area contributed by atoms with E-state index >= 15 is 0 Å². The minimum Gasteiger partial charge on any atom is -0.363 e. The number of carbonyl (C=O) groups excluding carboxylic acids is 2. The van der Waals surface area contributed by atoms with Crippen LogP contribution in [0.1, 0.15) is 27.5 Å². The van der Waals surface area contributed by atoms with Crippen LogP contribution in [0.2, 0.25) is 5.02 Å². The quantitative estimate of drug-likeness (QED) is 0.672. The first kappa shape index (κ1) is 20.2. The monoisotopic (exact) mass is 412 g/mol. The van der Waals surface area contributed by atoms with Gasteiger partial charge in [-0.3, -0.25) is 4.79 Å². The number of aryl methyl sites for hydroxylation is 1. The van der Waals surface area contributed by atoms with Crippen LogP contribution in [-0.2, 0) is 0 Å². The lowest BCUT2D eigenvalue weighted by atomic mass is 9.77. The number of rotatable bonds is 3. The van der Waals surface area contributed by atoms with Gasteiger partial charge in [-0.2, -0.15) is 13.2 Å². The molecule has 5 nitrogen and oxygen atoms in total. The number of Topliss-reactive ketones (excluding diaryl/α,β-unsaturated/α-hetero) is 1. The lowest BCUT2D eigenvalue weighted by molar-refractivity contribution is -0.287. The molecule has 3 N–H and O–H groups in total. The zero-order chi connectivity index (χ0) is 20.7. The highest BCUT2D eigenvalue weighted by atomic mass is 35.5. The molecule has 2 aromatic rings. The van der Waals surface area contributed by atoms with Crippen molar-refractivity contribution in [1.29, 1.82) is 0 Å². The van der Waals surface area contributed by atoms with E-state index in [-0.39, 0.29) is 11.1 Å². The first-order valence-electron chi connectivity index (χ1n) is 8.27. The summed E-state index contributed by atoms with van der Waals surface area (Å²) in [6, 6.07) is 8.87. The lowest BCUT2D eigenvalue weighted by Crippen LogP contribution is -2.72. The summed E-state index contributed by atoms with van der Waals surface area (Å²) >= 11 is 5.82. The molecule has 0 saturated carbocycles. The smallest absolute Gasteiger partial charge is 0.363 e. The number of hydrogen-bond acceptors (Lipinski definition) is 3. The van der Waals surface area contributed by atoms with Gasteiger partial charge in [0.2, 0.25) is 5.72 Å². The maximum absolute atomic E-state index is 13.8. The number of benzene rings is 2. The van der Waals surface area contributed by atoms with E-state index in [4.69, 9.17) is 11.6 Å². The van der Waals surface area contributed by atoms with E-state index < -0.39 is 35.7 Å². The highest BCUT2D eigenvalue weighted by Gasteiger charge is 2.66. The fourth-order valence-electron chi connectivity index (χ4n) is 3.18. The third-order valence-electron chi connectivity index (χ3n) is 4.65. The number of amides is 2. The van der Waals surface area contributed by atoms with Gasteiger partial charge >= 0.3 is 12.2 Å². The molecule has 2 amide bonds. The Morgan fingerprint density at radius 1 is 1.11 bits per heavy atom. The molecule has 1 heterocycles. The van der Waals surface area contributed by atoms with E-state index in [0.29, 0.717) is 5.02 Å². The minimum atomic E-state index is -5.29. The summed E-state index contributed by atoms with van der Waals surface area (Å²) in [5.74, 6) is -3.03. The predicted molar refractivity (Wildman–Crippen MR) is 95.9 cm³/mol. The van der Waals surface area contributed by atoms with Crippen LogP contribution in [0.15, 0.2) is 48.5 Å². The molecule has 0 aliphatic carbocycles. The Labute approximate surface area is 163 Å². The number of hydrogen-bond donors (Lipinski definition) is 3. The van der Waals surface area contributed by atoms with Gasteiger partial charge in [0, 0.05) is 10.6 Å². The molecule has 0 unspecified atom stereocenters. The van der Waals surface area contributed by atoms with Gasteiger partial charge in [0.15, 0.2) is 5.78 Å². The number of urea groups is 1. The Hall–Kier alpha value is -2.58. The maximum atomic E-state index is 13.8. The van der Waals surface area contributed by atoms with E-state index in [1.807, 2.05) is 0 Å². The van der Waals surface area contributed by atoms with Gasteiger partial charge in [0.1, 0.15) is 5.92 Å². The van der Waals surface area contributed by atoms with Crippen molar-refractivity contribution in [2.45, 2.75) is 24.9 Å². The molecule has 0 aromatic heterocycles. The minimum absolute atomic E-state index is 0.0183. The van der Waals surface area contributed by atoms with Crippen LogP contribution >= 0.6 is 11.6 Å². The molecule has 1 fully saturated rings. The first-order valence-corrected chi connectivity index (χ1v) is 8.65. The molecule has 1 aliphatic rings. The highest BCUT2D eigenvalue weighted by molar-refractivity contribution is 6.30. The number of carbonyl (C=O) groups is 2. The van der Waals surface area contributed by atoms with Gasteiger partial charge in [-0.1, -0.05) is 53.6 Å². The van der Waals surface area contributed by atoms with Crippen LogP contribution in [0, 0.1) is 12.8 Å². The second-order valence-electron chi connectivity index (χ2n) is 6.60. The molecule has 3 atom stereocenters. The van der Waals surface area contributed by atoms with E-state index in [1.165, 1.54) is 41.7 Å². The SMILES string of the molecule is Cc1ccc(C(=O)[C@H]2[C@@H](c3ccc(Cl)cc3)NC(=O)N[C@]2(O)C(F)(F)F)cc1. The zero-order valence-corrected chi connectivity index (χ0v) is 15.3. The van der Waals surface area contributed by atoms with E-state index in [0.717, 1.165) is 5.56 Å². The highest BCUT2D eigenvalue weighted by Crippen LogP contribution is 2.44. The molecule has 28 heavy (non-hydrogen) atoms. The summed E-state index contributed by atoms with van der Waals surface area (Å²) in [5, 5.41) is 14.6. The summed E-state index contributed by atoms with van der Waals surface area (Å²) < 4.78 is 41.3.